The molecule has 1 aromatic rings. The highest BCUT2D eigenvalue weighted by Crippen LogP contribution is 2.41. The molecule has 2 saturated heterocycles. The van der Waals surface area contributed by atoms with Gasteiger partial charge in [-0.1, -0.05) is 25.3 Å². The summed E-state index contributed by atoms with van der Waals surface area (Å²) in [7, 11) is 1.94. The van der Waals surface area contributed by atoms with Crippen molar-refractivity contribution in [2.24, 2.45) is 10.9 Å². The number of guanidine groups is 1. The Balaban J connectivity index is 0.00000240. The van der Waals surface area contributed by atoms with Crippen LogP contribution in [0.1, 0.15) is 43.4 Å². The van der Waals surface area contributed by atoms with Crippen LogP contribution in [0, 0.1) is 5.92 Å². The van der Waals surface area contributed by atoms with Crippen LogP contribution in [0.3, 0.4) is 0 Å². The molecule has 164 valence electrons. The van der Waals surface area contributed by atoms with Gasteiger partial charge in [-0.3, -0.25) is 9.89 Å². The highest BCUT2D eigenvalue weighted by molar-refractivity contribution is 14.0. The average molecular weight is 533 g/mol. The van der Waals surface area contributed by atoms with Crippen LogP contribution >= 0.6 is 35.3 Å². The number of nitrogens with zero attached hydrogens (tertiary/aromatic N) is 3. The van der Waals surface area contributed by atoms with E-state index in [1.165, 1.54) is 45.1 Å². The van der Waals surface area contributed by atoms with Crippen molar-refractivity contribution in [2.45, 2.75) is 43.9 Å². The number of morpholine rings is 1. The first-order chi connectivity index (χ1) is 13.8. The second-order valence-corrected chi connectivity index (χ2v) is 9.68. The minimum atomic E-state index is 0. The predicted octanol–water partition coefficient (Wildman–Crippen LogP) is 3.80. The Hall–Kier alpha value is -0.380. The van der Waals surface area contributed by atoms with Gasteiger partial charge >= 0.3 is 0 Å². The highest BCUT2D eigenvalue weighted by Gasteiger charge is 2.36. The largest absolute Gasteiger partial charge is 0.379 e. The zero-order chi connectivity index (χ0) is 19.2. The SMILES string of the molecule is CN=C(NCC1(c2cccs2)CCCCC1)N1CCC(CN2CCOCC2)C1.I. The van der Waals surface area contributed by atoms with Crippen molar-refractivity contribution in [3.05, 3.63) is 22.4 Å². The molecular weight excluding hydrogens is 495 g/mol. The third-order valence-corrected chi connectivity index (χ3v) is 7.97. The summed E-state index contributed by atoms with van der Waals surface area (Å²) in [6.45, 7) is 8.44. The lowest BCUT2D eigenvalue weighted by Crippen LogP contribution is -2.47. The minimum absolute atomic E-state index is 0. The van der Waals surface area contributed by atoms with Gasteiger partial charge in [0.2, 0.25) is 0 Å². The summed E-state index contributed by atoms with van der Waals surface area (Å²) in [5.74, 6) is 1.85. The van der Waals surface area contributed by atoms with Crippen molar-refractivity contribution >= 4 is 41.3 Å². The Bertz CT molecular complexity index is 627. The van der Waals surface area contributed by atoms with E-state index in [9.17, 15) is 0 Å². The van der Waals surface area contributed by atoms with Crippen LogP contribution in [0.15, 0.2) is 22.5 Å². The molecule has 3 fully saturated rings. The van der Waals surface area contributed by atoms with E-state index in [1.807, 2.05) is 18.4 Å². The van der Waals surface area contributed by atoms with Crippen molar-refractivity contribution in [1.82, 2.24) is 15.1 Å². The maximum absolute atomic E-state index is 5.49. The lowest BCUT2D eigenvalue weighted by Gasteiger charge is -2.38. The number of aliphatic imine (C=N–C) groups is 1. The fourth-order valence-electron chi connectivity index (χ4n) is 5.22. The van der Waals surface area contributed by atoms with Gasteiger partial charge in [-0.25, -0.2) is 0 Å². The Morgan fingerprint density at radius 3 is 2.72 bits per heavy atom. The number of hydrogen-bond donors (Lipinski definition) is 1. The monoisotopic (exact) mass is 532 g/mol. The molecule has 1 atom stereocenters. The van der Waals surface area contributed by atoms with Gasteiger partial charge in [-0.2, -0.15) is 0 Å². The summed E-state index contributed by atoms with van der Waals surface area (Å²) >= 11 is 1.93. The summed E-state index contributed by atoms with van der Waals surface area (Å²) in [5.41, 5.74) is 0.301. The third-order valence-electron chi connectivity index (χ3n) is 6.86. The molecule has 0 radical (unpaired) electrons. The van der Waals surface area contributed by atoms with Crippen molar-refractivity contribution in [3.8, 4) is 0 Å². The lowest BCUT2D eigenvalue weighted by atomic mass is 9.73. The fraction of sp³-hybridized carbons (Fsp3) is 0.773. The van der Waals surface area contributed by atoms with E-state index < -0.39 is 0 Å². The molecule has 1 unspecified atom stereocenters. The van der Waals surface area contributed by atoms with E-state index in [0.29, 0.717) is 5.41 Å². The molecular formula is C22H37IN4OS. The summed E-state index contributed by atoms with van der Waals surface area (Å²) in [6.07, 6.45) is 7.96. The predicted molar refractivity (Wildman–Crippen MR) is 133 cm³/mol. The second kappa shape index (κ2) is 11.3. The molecule has 1 saturated carbocycles. The van der Waals surface area contributed by atoms with E-state index in [-0.39, 0.29) is 24.0 Å². The first-order valence-corrected chi connectivity index (χ1v) is 12.0. The van der Waals surface area contributed by atoms with Crippen LogP contribution in [-0.2, 0) is 10.2 Å². The molecule has 1 aliphatic carbocycles. The van der Waals surface area contributed by atoms with Crippen molar-refractivity contribution in [1.29, 1.82) is 0 Å². The summed E-state index contributed by atoms with van der Waals surface area (Å²) < 4.78 is 5.49. The van der Waals surface area contributed by atoms with E-state index >= 15 is 0 Å². The molecule has 3 aliphatic rings. The van der Waals surface area contributed by atoms with Crippen LogP contribution in [0.2, 0.25) is 0 Å². The van der Waals surface area contributed by atoms with Crippen molar-refractivity contribution in [3.63, 3.8) is 0 Å². The molecule has 0 aromatic carbocycles. The van der Waals surface area contributed by atoms with Gasteiger partial charge in [0.05, 0.1) is 13.2 Å². The Morgan fingerprint density at radius 1 is 1.24 bits per heavy atom. The minimum Gasteiger partial charge on any atom is -0.379 e. The Kier molecular flexibility index (Phi) is 9.07. The Labute approximate surface area is 197 Å². The quantitative estimate of drug-likeness (QED) is 0.356. The number of hydrogen-bond acceptors (Lipinski definition) is 4. The molecule has 0 bridgehead atoms. The molecule has 7 heteroatoms. The molecule has 5 nitrogen and oxygen atoms in total. The van der Waals surface area contributed by atoms with Gasteiger partial charge in [0, 0.05) is 56.6 Å². The van der Waals surface area contributed by atoms with Gasteiger partial charge in [-0.05, 0) is 36.6 Å². The first-order valence-electron chi connectivity index (χ1n) is 11.1. The normalized spacial score (nSPS) is 25.6. The van der Waals surface area contributed by atoms with Gasteiger partial charge in [0.15, 0.2) is 5.96 Å². The van der Waals surface area contributed by atoms with Gasteiger partial charge < -0.3 is 15.0 Å². The fourth-order valence-corrected chi connectivity index (χ4v) is 6.21. The molecule has 29 heavy (non-hydrogen) atoms. The van der Waals surface area contributed by atoms with E-state index in [4.69, 9.17) is 4.74 Å². The maximum Gasteiger partial charge on any atom is 0.193 e. The smallest absolute Gasteiger partial charge is 0.193 e. The standard InChI is InChI=1S/C22H36N4OS.HI/c1-23-21(26-10-7-19(17-26)16-25-11-13-27-14-12-25)24-18-22(8-3-2-4-9-22)20-6-5-15-28-20;/h5-6,15,19H,2-4,7-14,16-18H2,1H3,(H,23,24);1H. The molecule has 3 heterocycles. The molecule has 0 amide bonds. The molecule has 2 aliphatic heterocycles. The molecule has 1 aromatic heterocycles. The van der Waals surface area contributed by atoms with Crippen LogP contribution in [-0.4, -0.2) is 75.3 Å². The first kappa shape index (κ1) is 23.3. The molecule has 1 N–H and O–H groups in total. The number of ether oxygens (including phenoxy) is 1. The average Bonchev–Trinajstić information content (AvgIpc) is 3.43. The van der Waals surface area contributed by atoms with E-state index in [2.05, 4.69) is 37.6 Å². The van der Waals surface area contributed by atoms with Gasteiger partial charge in [-0.15, -0.1) is 35.3 Å². The highest BCUT2D eigenvalue weighted by atomic mass is 127. The van der Waals surface area contributed by atoms with Gasteiger partial charge in [0.1, 0.15) is 0 Å². The zero-order valence-electron chi connectivity index (χ0n) is 17.8. The van der Waals surface area contributed by atoms with Crippen LogP contribution in [0.25, 0.3) is 0 Å². The van der Waals surface area contributed by atoms with Crippen molar-refractivity contribution in [2.75, 3.05) is 59.5 Å². The number of halogens is 1. The molecule has 4 rings (SSSR count). The van der Waals surface area contributed by atoms with Crippen LogP contribution in [0.5, 0.6) is 0 Å². The third kappa shape index (κ3) is 5.86. The lowest BCUT2D eigenvalue weighted by molar-refractivity contribution is 0.0315. The zero-order valence-corrected chi connectivity index (χ0v) is 20.9. The van der Waals surface area contributed by atoms with E-state index in [1.54, 1.807) is 4.88 Å². The van der Waals surface area contributed by atoms with Crippen LogP contribution in [0.4, 0.5) is 0 Å². The molecule has 0 spiro atoms. The summed E-state index contributed by atoms with van der Waals surface area (Å²) in [4.78, 5) is 11.3. The number of thiophene rings is 1. The van der Waals surface area contributed by atoms with E-state index in [0.717, 1.165) is 57.8 Å². The van der Waals surface area contributed by atoms with Crippen molar-refractivity contribution < 1.29 is 4.74 Å². The van der Waals surface area contributed by atoms with Crippen LogP contribution < -0.4 is 5.32 Å². The maximum atomic E-state index is 5.49. The second-order valence-electron chi connectivity index (χ2n) is 8.73. The summed E-state index contributed by atoms with van der Waals surface area (Å²) in [6, 6.07) is 4.55. The van der Waals surface area contributed by atoms with Gasteiger partial charge in [0.25, 0.3) is 0 Å². The number of likely N-dealkylation sites (tertiary alicyclic amines) is 1. The Morgan fingerprint density at radius 2 is 2.03 bits per heavy atom. The number of nitrogens with one attached hydrogen (secondary N) is 1. The topological polar surface area (TPSA) is 40.1 Å². The number of rotatable bonds is 5. The summed E-state index contributed by atoms with van der Waals surface area (Å²) in [5, 5.41) is 6.02.